The predicted molar refractivity (Wildman–Crippen MR) is 132 cm³/mol. The summed E-state index contributed by atoms with van der Waals surface area (Å²) in [6.07, 6.45) is 2.66. The number of aryl methyl sites for hydroxylation is 2. The van der Waals surface area contributed by atoms with Gasteiger partial charge < -0.3 is 14.8 Å². The lowest BCUT2D eigenvalue weighted by atomic mass is 9.67. The fourth-order valence-corrected chi connectivity index (χ4v) is 6.59. The van der Waals surface area contributed by atoms with E-state index in [-0.39, 0.29) is 64.2 Å². The highest BCUT2D eigenvalue weighted by atomic mass is 19.1. The molecule has 5 nitrogen and oxygen atoms in total. The maximum Gasteiger partial charge on any atom is 0.258 e. The third kappa shape index (κ3) is 3.18. The lowest BCUT2D eigenvalue weighted by Crippen LogP contribution is -2.33. The zero-order valence-electron chi connectivity index (χ0n) is 20.2. The van der Waals surface area contributed by atoms with Crippen molar-refractivity contribution in [2.45, 2.75) is 64.3 Å². The summed E-state index contributed by atoms with van der Waals surface area (Å²) in [6.45, 7) is 3.90. The Morgan fingerprint density at radius 3 is 2.42 bits per heavy atom. The second-order valence-electron chi connectivity index (χ2n) is 10.6. The zero-order chi connectivity index (χ0) is 25.5. The van der Waals surface area contributed by atoms with E-state index in [1.807, 2.05) is 13.8 Å². The Labute approximate surface area is 206 Å². The normalized spacial score (nSPS) is 22.8. The van der Waals surface area contributed by atoms with Crippen molar-refractivity contribution in [3.05, 3.63) is 79.6 Å². The van der Waals surface area contributed by atoms with Gasteiger partial charge in [0.2, 0.25) is 0 Å². The molecule has 0 saturated carbocycles. The highest BCUT2D eigenvalue weighted by molar-refractivity contribution is 6.09. The molecule has 0 fully saturated rings. The smallest absolute Gasteiger partial charge is 0.258 e. The number of nitrogens with zero attached hydrogens (tertiary/aromatic N) is 1. The first-order valence-electron chi connectivity index (χ1n) is 12.5. The number of ketones is 1. The molecule has 2 aliphatic carbocycles. The number of aromatic nitrogens is 1. The highest BCUT2D eigenvalue weighted by Gasteiger charge is 2.41. The molecule has 3 aliphatic rings. The van der Waals surface area contributed by atoms with Gasteiger partial charge in [0.25, 0.3) is 5.56 Å². The second-order valence-corrected chi connectivity index (χ2v) is 10.6. The number of aromatic hydroxyl groups is 1. The highest BCUT2D eigenvalue weighted by Crippen LogP contribution is 2.47. The molecule has 3 atom stereocenters. The molecule has 0 radical (unpaired) electrons. The molecule has 0 bridgehead atoms. The Morgan fingerprint density at radius 1 is 0.944 bits per heavy atom. The number of allylic oxidation sites excluding steroid dienone is 1. The van der Waals surface area contributed by atoms with Gasteiger partial charge in [0.15, 0.2) is 5.78 Å². The van der Waals surface area contributed by atoms with Gasteiger partial charge in [0, 0.05) is 22.6 Å². The number of carbonyl (C=O) groups excluding carboxylic acids is 1. The average molecular weight is 492 g/mol. The van der Waals surface area contributed by atoms with Crippen molar-refractivity contribution in [1.82, 2.24) is 4.57 Å². The summed E-state index contributed by atoms with van der Waals surface area (Å²) in [5.74, 6) is -2.16. The van der Waals surface area contributed by atoms with Crippen LogP contribution < -0.4 is 5.56 Å². The summed E-state index contributed by atoms with van der Waals surface area (Å²) in [6, 6.07) is 5.22. The van der Waals surface area contributed by atoms with Gasteiger partial charge in [0.05, 0.1) is 17.0 Å². The summed E-state index contributed by atoms with van der Waals surface area (Å²) >= 11 is 0. The molecule has 2 N–H and O–H groups in total. The van der Waals surface area contributed by atoms with Crippen molar-refractivity contribution in [2.24, 2.45) is 5.92 Å². The summed E-state index contributed by atoms with van der Waals surface area (Å²) in [5.41, 5.74) is 2.89. The minimum Gasteiger partial charge on any atom is -0.507 e. The topological polar surface area (TPSA) is 79.5 Å². The number of halogens is 2. The Hall–Kier alpha value is -3.48. The molecule has 186 valence electrons. The van der Waals surface area contributed by atoms with Crippen LogP contribution in [-0.2, 0) is 24.1 Å². The quantitative estimate of drug-likeness (QED) is 0.497. The lowest BCUT2D eigenvalue weighted by Gasteiger charge is -2.36. The molecular weight excluding hydrogens is 464 g/mol. The molecule has 0 amide bonds. The van der Waals surface area contributed by atoms with E-state index in [4.69, 9.17) is 0 Å². The second kappa shape index (κ2) is 8.02. The van der Waals surface area contributed by atoms with E-state index in [0.29, 0.717) is 41.5 Å². The number of aliphatic hydroxyl groups excluding tert-OH is 1. The number of Topliss-reactive ketones (excluding diaryl/α,β-unsaturated/α-hetero) is 1. The summed E-state index contributed by atoms with van der Waals surface area (Å²) in [4.78, 5) is 27.1. The van der Waals surface area contributed by atoms with Gasteiger partial charge >= 0.3 is 0 Å². The molecular formula is C29H27F2NO4. The predicted octanol–water partition coefficient (Wildman–Crippen LogP) is 5.64. The van der Waals surface area contributed by atoms with Gasteiger partial charge in [-0.05, 0) is 92.3 Å². The van der Waals surface area contributed by atoms with Crippen LogP contribution in [0.25, 0.3) is 16.7 Å². The zero-order valence-corrected chi connectivity index (χ0v) is 20.2. The number of hydrogen-bond donors (Lipinski definition) is 2. The number of carbonyl (C=O) groups is 1. The fraction of sp³-hybridized carbons (Fsp3) is 0.379. The first-order chi connectivity index (χ1) is 17.2. The third-order valence-corrected chi connectivity index (χ3v) is 8.41. The van der Waals surface area contributed by atoms with Crippen LogP contribution in [0, 0.1) is 17.6 Å². The van der Waals surface area contributed by atoms with E-state index >= 15 is 0 Å². The van der Waals surface area contributed by atoms with Gasteiger partial charge in [-0.3, -0.25) is 9.59 Å². The van der Waals surface area contributed by atoms with E-state index in [9.17, 15) is 28.6 Å². The van der Waals surface area contributed by atoms with Crippen LogP contribution in [0.3, 0.4) is 0 Å². The van der Waals surface area contributed by atoms with Crippen LogP contribution in [0.1, 0.15) is 72.9 Å². The first-order valence-corrected chi connectivity index (χ1v) is 12.5. The number of benzene rings is 2. The van der Waals surface area contributed by atoms with Gasteiger partial charge in [-0.2, -0.15) is 0 Å². The van der Waals surface area contributed by atoms with E-state index in [0.717, 1.165) is 12.0 Å². The summed E-state index contributed by atoms with van der Waals surface area (Å²) < 4.78 is 30.3. The molecule has 7 heteroatoms. The van der Waals surface area contributed by atoms with Crippen molar-refractivity contribution in [3.63, 3.8) is 0 Å². The SMILES string of the molecule is C[C@@H]1CCc2cc(F)cc3c(O)c(CCC4=C(O)c5cc(F)cc6c5[C@H](C4=O)[C@@H](C)CC6)c(=O)n1c23. The van der Waals surface area contributed by atoms with E-state index in [2.05, 4.69) is 0 Å². The molecule has 1 aromatic heterocycles. The van der Waals surface area contributed by atoms with Crippen molar-refractivity contribution in [3.8, 4) is 5.75 Å². The van der Waals surface area contributed by atoms with Crippen LogP contribution in [-0.4, -0.2) is 20.6 Å². The maximum absolute atomic E-state index is 14.4. The number of rotatable bonds is 3. The molecule has 3 aromatic rings. The monoisotopic (exact) mass is 491 g/mol. The molecule has 1 aliphatic heterocycles. The molecule has 2 heterocycles. The van der Waals surface area contributed by atoms with Gasteiger partial charge in [-0.25, -0.2) is 8.78 Å². The van der Waals surface area contributed by atoms with Crippen LogP contribution in [0.5, 0.6) is 5.75 Å². The average Bonchev–Trinajstić information content (AvgIpc) is 2.83. The van der Waals surface area contributed by atoms with Gasteiger partial charge in [0.1, 0.15) is 23.1 Å². The Kier molecular flexibility index (Phi) is 5.11. The standard InChI is InChI=1S/C29H27F2NO4/c1-13-3-5-15-9-17(30)11-21-24(15)23(13)28(35)19(26(21)33)7-8-20-27(34)22-12-18(31)10-16-6-4-14(2)32(25(16)22)29(20)36/h9-14,23,33-34H,3-8H2,1-2H3/t13-,14+,23+/m0/s1. The van der Waals surface area contributed by atoms with Crippen LogP contribution in [0.2, 0.25) is 0 Å². The third-order valence-electron chi connectivity index (χ3n) is 8.41. The minimum absolute atomic E-state index is 0.00400. The number of pyridine rings is 1. The van der Waals surface area contributed by atoms with Gasteiger partial charge in [-0.15, -0.1) is 0 Å². The van der Waals surface area contributed by atoms with Crippen molar-refractivity contribution >= 4 is 22.4 Å². The molecule has 0 spiro atoms. The van der Waals surface area contributed by atoms with E-state index in [1.165, 1.54) is 24.3 Å². The van der Waals surface area contributed by atoms with Crippen LogP contribution >= 0.6 is 0 Å². The number of hydrogen-bond acceptors (Lipinski definition) is 4. The Balaban J connectivity index is 1.47. The van der Waals surface area contributed by atoms with Crippen molar-refractivity contribution < 1.29 is 23.8 Å². The number of aliphatic hydroxyl groups is 1. The van der Waals surface area contributed by atoms with Gasteiger partial charge in [-0.1, -0.05) is 6.92 Å². The molecule has 0 unspecified atom stereocenters. The fourth-order valence-electron chi connectivity index (χ4n) is 6.59. The lowest BCUT2D eigenvalue weighted by molar-refractivity contribution is -0.118. The molecule has 36 heavy (non-hydrogen) atoms. The minimum atomic E-state index is -0.484. The summed E-state index contributed by atoms with van der Waals surface area (Å²) in [7, 11) is 0. The van der Waals surface area contributed by atoms with E-state index in [1.54, 1.807) is 4.57 Å². The maximum atomic E-state index is 14.4. The molecule has 6 rings (SSSR count). The Bertz CT molecular complexity index is 1570. The van der Waals surface area contributed by atoms with Crippen LogP contribution in [0.15, 0.2) is 34.6 Å². The molecule has 2 aromatic carbocycles. The molecule has 0 saturated heterocycles. The van der Waals surface area contributed by atoms with Crippen molar-refractivity contribution in [2.75, 3.05) is 0 Å². The largest absolute Gasteiger partial charge is 0.507 e. The van der Waals surface area contributed by atoms with Crippen molar-refractivity contribution in [1.29, 1.82) is 0 Å². The summed E-state index contributed by atoms with van der Waals surface area (Å²) in [5, 5.41) is 22.4. The van der Waals surface area contributed by atoms with Crippen LogP contribution in [0.4, 0.5) is 8.78 Å². The Morgan fingerprint density at radius 2 is 1.64 bits per heavy atom. The van der Waals surface area contributed by atoms with E-state index < -0.39 is 17.6 Å². The first kappa shape index (κ1) is 23.0.